The highest BCUT2D eigenvalue weighted by atomic mass is 35.5. The summed E-state index contributed by atoms with van der Waals surface area (Å²) in [4.78, 5) is 22.7. The van der Waals surface area contributed by atoms with Gasteiger partial charge in [-0.05, 0) is 25.1 Å². The van der Waals surface area contributed by atoms with Gasteiger partial charge in [-0.15, -0.1) is 0 Å². The first-order valence-electron chi connectivity index (χ1n) is 6.36. The first-order chi connectivity index (χ1) is 11.1. The quantitative estimate of drug-likeness (QED) is 0.541. The number of nitrogens with one attached hydrogen (secondary N) is 2. The number of sulfonamides is 1. The number of carbonyl (C=O) groups is 2. The molecular formula is C12H13ClF3N3O5S. The molecule has 13 heteroatoms. The van der Waals surface area contributed by atoms with E-state index in [1.807, 2.05) is 0 Å². The van der Waals surface area contributed by atoms with E-state index in [2.05, 4.69) is 0 Å². The van der Waals surface area contributed by atoms with E-state index in [0.29, 0.717) is 6.92 Å². The Morgan fingerprint density at radius 3 is 2.32 bits per heavy atom. The van der Waals surface area contributed by atoms with Crippen LogP contribution >= 0.6 is 11.6 Å². The Morgan fingerprint density at radius 1 is 1.28 bits per heavy atom. The molecule has 0 aliphatic heterocycles. The van der Waals surface area contributed by atoms with Gasteiger partial charge in [0.2, 0.25) is 15.9 Å². The molecule has 0 aliphatic carbocycles. The molecule has 0 fully saturated rings. The highest BCUT2D eigenvalue weighted by molar-refractivity contribution is 7.89. The van der Waals surface area contributed by atoms with Gasteiger partial charge in [0.25, 0.3) is 5.91 Å². The summed E-state index contributed by atoms with van der Waals surface area (Å²) in [6.45, 7) is 0.395. The summed E-state index contributed by atoms with van der Waals surface area (Å²) in [6.07, 6.45) is -6.41. The zero-order valence-electron chi connectivity index (χ0n) is 12.5. The van der Waals surface area contributed by atoms with Crippen LogP contribution in [0.15, 0.2) is 23.1 Å². The summed E-state index contributed by atoms with van der Waals surface area (Å²) in [7, 11) is -4.22. The van der Waals surface area contributed by atoms with Crippen molar-refractivity contribution in [2.75, 3.05) is 0 Å². The normalized spacial score (nSPS) is 14.5. The summed E-state index contributed by atoms with van der Waals surface area (Å²) in [5.74, 6) is -2.36. The number of hydrogen-bond acceptors (Lipinski definition) is 5. The van der Waals surface area contributed by atoms with Crippen LogP contribution in [0.25, 0.3) is 0 Å². The fourth-order valence-electron chi connectivity index (χ4n) is 1.52. The number of hydrogen-bond donors (Lipinski definition) is 4. The number of amides is 2. The van der Waals surface area contributed by atoms with E-state index >= 15 is 0 Å². The van der Waals surface area contributed by atoms with Crippen molar-refractivity contribution in [3.05, 3.63) is 28.8 Å². The molecule has 0 saturated carbocycles. The third-order valence-electron chi connectivity index (χ3n) is 2.93. The molecule has 25 heavy (non-hydrogen) atoms. The van der Waals surface area contributed by atoms with E-state index in [1.54, 1.807) is 10.9 Å². The van der Waals surface area contributed by atoms with Crippen molar-refractivity contribution in [3.8, 4) is 0 Å². The van der Waals surface area contributed by atoms with E-state index in [0.717, 1.165) is 18.2 Å². The smallest absolute Gasteiger partial charge is 0.380 e. The Labute approximate surface area is 145 Å². The Hall–Kier alpha value is -1.89. The molecule has 1 aromatic rings. The molecule has 0 spiro atoms. The molecule has 0 unspecified atom stereocenters. The molecule has 1 aromatic carbocycles. The van der Waals surface area contributed by atoms with Crippen LogP contribution in [0, 0.1) is 0 Å². The average molecular weight is 404 g/mol. The van der Waals surface area contributed by atoms with Gasteiger partial charge < -0.3 is 5.11 Å². The van der Waals surface area contributed by atoms with Crippen LogP contribution in [0.3, 0.4) is 0 Å². The Morgan fingerprint density at radius 2 is 1.84 bits per heavy atom. The molecular weight excluding hydrogens is 391 g/mol. The maximum absolute atomic E-state index is 12.5. The van der Waals surface area contributed by atoms with Gasteiger partial charge in [-0.2, -0.15) is 13.2 Å². The Bertz CT molecular complexity index is 796. The maximum Gasteiger partial charge on any atom is 0.417 e. The number of primary sulfonamides is 1. The Balaban J connectivity index is 2.80. The van der Waals surface area contributed by atoms with Crippen LogP contribution < -0.4 is 16.0 Å². The minimum Gasteiger partial charge on any atom is -0.380 e. The number of benzene rings is 1. The number of rotatable bonds is 4. The standard InChI is InChI=1S/C12H13ClF3N3O5S/c1-11(22,12(14,15)16)5-9(20)18-19-10(21)6-2-3-7(13)8(4-6)25(17,23)24/h2-4,22H,5H2,1H3,(H,18,20)(H,19,21)(H2,17,23,24)/t11-/m1/s1. The molecule has 0 heterocycles. The van der Waals surface area contributed by atoms with Gasteiger partial charge in [0.1, 0.15) is 4.90 Å². The lowest BCUT2D eigenvalue weighted by Crippen LogP contribution is -2.49. The summed E-state index contributed by atoms with van der Waals surface area (Å²) < 4.78 is 60.0. The van der Waals surface area contributed by atoms with Crippen LogP contribution in [0.5, 0.6) is 0 Å². The van der Waals surface area contributed by atoms with Gasteiger partial charge in [-0.3, -0.25) is 20.4 Å². The van der Waals surface area contributed by atoms with Crippen LogP contribution in [-0.4, -0.2) is 37.1 Å². The van der Waals surface area contributed by atoms with E-state index in [4.69, 9.17) is 21.8 Å². The summed E-state index contributed by atoms with van der Waals surface area (Å²) >= 11 is 5.63. The number of hydrazine groups is 1. The van der Waals surface area contributed by atoms with Gasteiger partial charge in [0, 0.05) is 5.56 Å². The fraction of sp³-hybridized carbons (Fsp3) is 0.333. The third-order valence-corrected chi connectivity index (χ3v) is 4.32. The Kier molecular flexibility index (Phi) is 6.05. The zero-order chi connectivity index (χ0) is 19.6. The van der Waals surface area contributed by atoms with Crippen LogP contribution in [-0.2, 0) is 14.8 Å². The van der Waals surface area contributed by atoms with Crippen molar-refractivity contribution in [1.29, 1.82) is 0 Å². The first-order valence-corrected chi connectivity index (χ1v) is 8.28. The van der Waals surface area contributed by atoms with E-state index in [9.17, 15) is 31.2 Å². The molecule has 8 nitrogen and oxygen atoms in total. The summed E-state index contributed by atoms with van der Waals surface area (Å²) in [5.41, 5.74) is -0.125. The number of nitrogens with two attached hydrogens (primary N) is 1. The molecule has 0 aromatic heterocycles. The highest BCUT2D eigenvalue weighted by Crippen LogP contribution is 2.32. The lowest BCUT2D eigenvalue weighted by atomic mass is 10.0. The lowest BCUT2D eigenvalue weighted by molar-refractivity contribution is -0.253. The number of carbonyl (C=O) groups excluding carboxylic acids is 2. The van der Waals surface area contributed by atoms with Crippen LogP contribution in [0.2, 0.25) is 5.02 Å². The molecule has 0 radical (unpaired) electrons. The van der Waals surface area contributed by atoms with E-state index in [1.165, 1.54) is 0 Å². The summed E-state index contributed by atoms with van der Waals surface area (Å²) in [5, 5.41) is 13.8. The van der Waals surface area contributed by atoms with Gasteiger partial charge in [0.15, 0.2) is 5.60 Å². The molecule has 1 atom stereocenters. The molecule has 1 rings (SSSR count). The van der Waals surface area contributed by atoms with Crippen molar-refractivity contribution in [2.45, 2.75) is 30.0 Å². The van der Waals surface area contributed by atoms with E-state index in [-0.39, 0.29) is 10.6 Å². The second-order valence-electron chi connectivity index (χ2n) is 5.14. The van der Waals surface area contributed by atoms with Gasteiger partial charge in [-0.25, -0.2) is 13.6 Å². The number of halogens is 4. The SMILES string of the molecule is C[C@@](O)(CC(=O)NNC(=O)c1ccc(Cl)c(S(N)(=O)=O)c1)C(F)(F)F. The van der Waals surface area contributed by atoms with Crippen molar-refractivity contribution < 1.29 is 36.3 Å². The van der Waals surface area contributed by atoms with E-state index < -0.39 is 44.9 Å². The molecule has 2 amide bonds. The molecule has 0 saturated heterocycles. The topological polar surface area (TPSA) is 139 Å². The second-order valence-corrected chi connectivity index (χ2v) is 7.08. The minimum atomic E-state index is -5.05. The number of aliphatic hydroxyl groups is 1. The maximum atomic E-state index is 12.5. The number of alkyl halides is 3. The minimum absolute atomic E-state index is 0.246. The van der Waals surface area contributed by atoms with Crippen LogP contribution in [0.4, 0.5) is 13.2 Å². The monoisotopic (exact) mass is 403 g/mol. The second kappa shape index (κ2) is 7.15. The molecule has 0 aliphatic rings. The van der Waals surface area contributed by atoms with Gasteiger partial charge in [-0.1, -0.05) is 11.6 Å². The van der Waals surface area contributed by atoms with Gasteiger partial charge in [0.05, 0.1) is 11.4 Å². The molecule has 0 bridgehead atoms. The fourth-order valence-corrected chi connectivity index (χ4v) is 2.59. The first kappa shape index (κ1) is 21.2. The van der Waals surface area contributed by atoms with Crippen molar-refractivity contribution >= 4 is 33.4 Å². The molecule has 140 valence electrons. The van der Waals surface area contributed by atoms with Crippen molar-refractivity contribution in [2.24, 2.45) is 5.14 Å². The average Bonchev–Trinajstić information content (AvgIpc) is 2.42. The third kappa shape index (κ3) is 5.56. The van der Waals surface area contributed by atoms with Crippen molar-refractivity contribution in [3.63, 3.8) is 0 Å². The largest absolute Gasteiger partial charge is 0.417 e. The predicted molar refractivity (Wildman–Crippen MR) is 79.7 cm³/mol. The van der Waals surface area contributed by atoms with Crippen molar-refractivity contribution in [1.82, 2.24) is 10.9 Å². The lowest BCUT2D eigenvalue weighted by Gasteiger charge is -2.25. The van der Waals surface area contributed by atoms with Crippen LogP contribution in [0.1, 0.15) is 23.7 Å². The molecule has 5 N–H and O–H groups in total. The highest BCUT2D eigenvalue weighted by Gasteiger charge is 2.51. The predicted octanol–water partition coefficient (Wildman–Crippen LogP) is 0.452. The zero-order valence-corrected chi connectivity index (χ0v) is 14.1. The summed E-state index contributed by atoms with van der Waals surface area (Å²) in [6, 6.07) is 2.99. The van der Waals surface area contributed by atoms with Gasteiger partial charge >= 0.3 is 6.18 Å².